The second-order valence-corrected chi connectivity index (χ2v) is 3.81. The molecule has 1 aromatic rings. The van der Waals surface area contributed by atoms with Gasteiger partial charge in [0.2, 0.25) is 0 Å². The molecule has 0 unspecified atom stereocenters. The first-order valence-corrected chi connectivity index (χ1v) is 6.05. The molecule has 5 nitrogen and oxygen atoms in total. The lowest BCUT2D eigenvalue weighted by Gasteiger charge is -2.16. The summed E-state index contributed by atoms with van der Waals surface area (Å²) in [5.41, 5.74) is 1.26. The molecule has 0 spiro atoms. The number of hydrazine groups is 1. The van der Waals surface area contributed by atoms with E-state index in [-0.39, 0.29) is 0 Å². The maximum absolute atomic E-state index is 7.99. The number of hydrogen-bond donors (Lipinski definition) is 2. The standard InChI is InChI=1S/C13H21N3O2/c1-3-17-10-16(15)9-13(14)11-6-5-7-12(8-11)18-4-2/h5-8,14H,3-4,9-10,15H2,1-2H3. The molecule has 1 rings (SSSR count). The monoisotopic (exact) mass is 251 g/mol. The van der Waals surface area contributed by atoms with Crippen molar-refractivity contribution < 1.29 is 9.47 Å². The molecule has 0 aliphatic rings. The lowest BCUT2D eigenvalue weighted by Crippen LogP contribution is -2.37. The molecular weight excluding hydrogens is 230 g/mol. The smallest absolute Gasteiger partial charge is 0.119 e. The highest BCUT2D eigenvalue weighted by Gasteiger charge is 2.07. The van der Waals surface area contributed by atoms with Crippen LogP contribution < -0.4 is 10.6 Å². The lowest BCUT2D eigenvalue weighted by atomic mass is 10.1. The zero-order chi connectivity index (χ0) is 13.4. The van der Waals surface area contributed by atoms with Gasteiger partial charge in [-0.1, -0.05) is 12.1 Å². The molecule has 5 heteroatoms. The normalized spacial score (nSPS) is 10.7. The van der Waals surface area contributed by atoms with Crippen LogP contribution in [0.1, 0.15) is 19.4 Å². The number of hydrogen-bond acceptors (Lipinski definition) is 5. The third-order valence-corrected chi connectivity index (χ3v) is 2.32. The molecule has 0 amide bonds. The Morgan fingerprint density at radius 1 is 1.33 bits per heavy atom. The van der Waals surface area contributed by atoms with Gasteiger partial charge >= 0.3 is 0 Å². The van der Waals surface area contributed by atoms with Crippen LogP contribution in [0.3, 0.4) is 0 Å². The van der Waals surface area contributed by atoms with Crippen LogP contribution in [0.2, 0.25) is 0 Å². The Morgan fingerprint density at radius 3 is 2.78 bits per heavy atom. The molecule has 0 saturated heterocycles. The van der Waals surface area contributed by atoms with E-state index in [1.54, 1.807) is 0 Å². The van der Waals surface area contributed by atoms with Crippen LogP contribution >= 0.6 is 0 Å². The fourth-order valence-corrected chi connectivity index (χ4v) is 1.49. The Balaban J connectivity index is 2.57. The first kappa shape index (κ1) is 14.6. The van der Waals surface area contributed by atoms with E-state index in [1.807, 2.05) is 38.1 Å². The Bertz CT molecular complexity index is 382. The molecule has 0 aromatic heterocycles. The van der Waals surface area contributed by atoms with E-state index < -0.39 is 0 Å². The molecule has 3 N–H and O–H groups in total. The molecule has 0 heterocycles. The Kier molecular flexibility index (Phi) is 6.35. The van der Waals surface area contributed by atoms with Gasteiger partial charge in [0, 0.05) is 12.2 Å². The number of nitrogens with one attached hydrogen (secondary N) is 1. The zero-order valence-electron chi connectivity index (χ0n) is 11.0. The first-order chi connectivity index (χ1) is 8.67. The van der Waals surface area contributed by atoms with Gasteiger partial charge in [0.05, 0.1) is 18.9 Å². The van der Waals surface area contributed by atoms with E-state index in [0.717, 1.165) is 11.3 Å². The van der Waals surface area contributed by atoms with Gasteiger partial charge in [0.25, 0.3) is 0 Å². The van der Waals surface area contributed by atoms with Crippen LogP contribution in [0, 0.1) is 5.41 Å². The summed E-state index contributed by atoms with van der Waals surface area (Å²) in [6.07, 6.45) is 0. The largest absolute Gasteiger partial charge is 0.494 e. The third-order valence-electron chi connectivity index (χ3n) is 2.32. The van der Waals surface area contributed by atoms with Crippen molar-refractivity contribution >= 4 is 5.71 Å². The van der Waals surface area contributed by atoms with Crippen LogP contribution in [-0.4, -0.2) is 37.2 Å². The van der Waals surface area contributed by atoms with Crippen molar-refractivity contribution in [3.63, 3.8) is 0 Å². The molecule has 100 valence electrons. The van der Waals surface area contributed by atoms with Crippen LogP contribution in [0.15, 0.2) is 24.3 Å². The Labute approximate surface area is 108 Å². The van der Waals surface area contributed by atoms with E-state index in [4.69, 9.17) is 20.7 Å². The van der Waals surface area contributed by atoms with Crippen LogP contribution in [0.4, 0.5) is 0 Å². The maximum atomic E-state index is 7.99. The predicted molar refractivity (Wildman–Crippen MR) is 71.8 cm³/mol. The second kappa shape index (κ2) is 7.81. The minimum absolute atomic E-state index is 0.323. The highest BCUT2D eigenvalue weighted by molar-refractivity contribution is 5.99. The van der Waals surface area contributed by atoms with Gasteiger partial charge in [-0.2, -0.15) is 0 Å². The highest BCUT2D eigenvalue weighted by Crippen LogP contribution is 2.13. The molecule has 0 aliphatic carbocycles. The summed E-state index contributed by atoms with van der Waals surface area (Å²) in [5, 5.41) is 9.46. The number of benzene rings is 1. The summed E-state index contributed by atoms with van der Waals surface area (Å²) in [4.78, 5) is 0. The van der Waals surface area contributed by atoms with Crippen molar-refractivity contribution in [1.29, 1.82) is 5.41 Å². The van der Waals surface area contributed by atoms with Crippen molar-refractivity contribution in [3.8, 4) is 5.75 Å². The van der Waals surface area contributed by atoms with Gasteiger partial charge in [-0.3, -0.25) is 5.84 Å². The van der Waals surface area contributed by atoms with Crippen molar-refractivity contribution in [3.05, 3.63) is 29.8 Å². The van der Waals surface area contributed by atoms with Gasteiger partial charge in [-0.25, -0.2) is 5.01 Å². The molecular formula is C13H21N3O2. The number of nitrogens with two attached hydrogens (primary N) is 1. The molecule has 1 aromatic carbocycles. The first-order valence-electron chi connectivity index (χ1n) is 6.05. The second-order valence-electron chi connectivity index (χ2n) is 3.81. The zero-order valence-corrected chi connectivity index (χ0v) is 11.0. The van der Waals surface area contributed by atoms with Crippen LogP contribution in [0.5, 0.6) is 5.75 Å². The van der Waals surface area contributed by atoms with Crippen LogP contribution in [0.25, 0.3) is 0 Å². The fraction of sp³-hybridized carbons (Fsp3) is 0.462. The van der Waals surface area contributed by atoms with Crippen molar-refractivity contribution in [2.75, 3.05) is 26.5 Å². The average molecular weight is 251 g/mol. The summed E-state index contributed by atoms with van der Waals surface area (Å²) in [5.74, 6) is 6.50. The summed E-state index contributed by atoms with van der Waals surface area (Å²) in [6, 6.07) is 7.47. The van der Waals surface area contributed by atoms with E-state index in [9.17, 15) is 0 Å². The fourth-order valence-electron chi connectivity index (χ4n) is 1.49. The van der Waals surface area contributed by atoms with E-state index >= 15 is 0 Å². The van der Waals surface area contributed by atoms with E-state index in [1.165, 1.54) is 5.01 Å². The van der Waals surface area contributed by atoms with E-state index in [0.29, 0.717) is 32.2 Å². The topological polar surface area (TPSA) is 71.6 Å². The summed E-state index contributed by atoms with van der Waals surface area (Å²) in [7, 11) is 0. The van der Waals surface area contributed by atoms with Gasteiger partial charge in [-0.15, -0.1) is 0 Å². The van der Waals surface area contributed by atoms with Crippen molar-refractivity contribution in [2.24, 2.45) is 5.84 Å². The summed E-state index contributed by atoms with van der Waals surface area (Å²) < 4.78 is 10.6. The number of nitrogens with zero attached hydrogens (tertiary/aromatic N) is 1. The maximum Gasteiger partial charge on any atom is 0.119 e. The molecule has 0 aliphatic heterocycles. The number of rotatable bonds is 8. The minimum Gasteiger partial charge on any atom is -0.494 e. The van der Waals surface area contributed by atoms with Crippen LogP contribution in [-0.2, 0) is 4.74 Å². The van der Waals surface area contributed by atoms with Crippen molar-refractivity contribution in [1.82, 2.24) is 5.01 Å². The lowest BCUT2D eigenvalue weighted by molar-refractivity contribution is 0.0444. The molecule has 0 radical (unpaired) electrons. The van der Waals surface area contributed by atoms with Gasteiger partial charge in [0.15, 0.2) is 0 Å². The summed E-state index contributed by atoms with van der Waals surface area (Å²) in [6.45, 7) is 5.73. The molecule has 18 heavy (non-hydrogen) atoms. The van der Waals surface area contributed by atoms with Gasteiger partial charge in [0.1, 0.15) is 12.5 Å². The SMILES string of the molecule is CCOCN(N)CC(=N)c1cccc(OCC)c1. The molecule has 0 bridgehead atoms. The highest BCUT2D eigenvalue weighted by atomic mass is 16.5. The van der Waals surface area contributed by atoms with Gasteiger partial charge < -0.3 is 14.9 Å². The third kappa shape index (κ3) is 4.83. The van der Waals surface area contributed by atoms with Gasteiger partial charge in [-0.05, 0) is 26.0 Å². The number of ether oxygens (including phenoxy) is 2. The molecule has 0 fully saturated rings. The predicted octanol–water partition coefficient (Wildman–Crippen LogP) is 1.62. The summed E-state index contributed by atoms with van der Waals surface area (Å²) >= 11 is 0. The molecule has 0 atom stereocenters. The minimum atomic E-state index is 0.323. The average Bonchev–Trinajstić information content (AvgIpc) is 2.37. The van der Waals surface area contributed by atoms with Crippen molar-refractivity contribution in [2.45, 2.75) is 13.8 Å². The molecule has 0 saturated carbocycles. The Hall–Kier alpha value is -1.43. The Morgan fingerprint density at radius 2 is 2.11 bits per heavy atom. The quantitative estimate of drug-likeness (QED) is 0.319. The van der Waals surface area contributed by atoms with E-state index in [2.05, 4.69) is 0 Å².